The van der Waals surface area contributed by atoms with Gasteiger partial charge < -0.3 is 25.8 Å². The third kappa shape index (κ3) is 5.82. The van der Waals surface area contributed by atoms with E-state index in [0.29, 0.717) is 12.5 Å². The quantitative estimate of drug-likeness (QED) is 0.483. The van der Waals surface area contributed by atoms with Gasteiger partial charge in [-0.15, -0.1) is 0 Å². The number of piperazine rings is 1. The minimum atomic E-state index is -0.215. The van der Waals surface area contributed by atoms with Gasteiger partial charge in [-0.1, -0.05) is 19.1 Å². The lowest BCUT2D eigenvalue weighted by Gasteiger charge is -2.36. The molecule has 0 unspecified atom stereocenters. The standard InChI is InChI=1S/C26H33N7O/c1-4-27-26(34)30-21-8-6-20(7-9-21)23-12-13-28-25(31-23)29-22-10-11-24(19(3)18-22)33-16-14-32(5-2)15-17-33/h6-13,18H,4-5,14-17H2,1-3H3,(H2,27,30,34)(H,28,29,31). The Morgan fingerprint density at radius 2 is 1.71 bits per heavy atom. The second-order valence-corrected chi connectivity index (χ2v) is 8.37. The van der Waals surface area contributed by atoms with Gasteiger partial charge in [0.1, 0.15) is 0 Å². The Bertz CT molecular complexity index is 1110. The molecule has 1 fully saturated rings. The van der Waals surface area contributed by atoms with Crippen molar-refractivity contribution in [1.82, 2.24) is 20.2 Å². The number of nitrogens with one attached hydrogen (secondary N) is 3. The fraction of sp³-hybridized carbons (Fsp3) is 0.346. The zero-order chi connectivity index (χ0) is 23.9. The van der Waals surface area contributed by atoms with Crippen molar-refractivity contribution >= 4 is 29.0 Å². The third-order valence-electron chi connectivity index (χ3n) is 6.04. The first-order valence-electron chi connectivity index (χ1n) is 11.9. The first kappa shape index (κ1) is 23.5. The molecule has 0 saturated carbocycles. The fourth-order valence-electron chi connectivity index (χ4n) is 4.16. The van der Waals surface area contributed by atoms with E-state index in [2.05, 4.69) is 67.8 Å². The van der Waals surface area contributed by atoms with Crippen molar-refractivity contribution in [3.63, 3.8) is 0 Å². The molecule has 0 aliphatic carbocycles. The van der Waals surface area contributed by atoms with Gasteiger partial charge in [0.05, 0.1) is 5.69 Å². The molecule has 2 aromatic carbocycles. The summed E-state index contributed by atoms with van der Waals surface area (Å²) >= 11 is 0. The van der Waals surface area contributed by atoms with Crippen LogP contribution in [0.15, 0.2) is 54.7 Å². The molecule has 4 rings (SSSR count). The van der Waals surface area contributed by atoms with Crippen LogP contribution < -0.4 is 20.9 Å². The monoisotopic (exact) mass is 459 g/mol. The number of amides is 2. The van der Waals surface area contributed by atoms with E-state index in [4.69, 9.17) is 0 Å². The van der Waals surface area contributed by atoms with Crippen LogP contribution in [0.25, 0.3) is 11.3 Å². The number of anilines is 4. The maximum Gasteiger partial charge on any atom is 0.319 e. The molecule has 2 heterocycles. The number of likely N-dealkylation sites (N-methyl/N-ethyl adjacent to an activating group) is 1. The van der Waals surface area contributed by atoms with E-state index in [1.165, 1.54) is 11.3 Å². The van der Waals surface area contributed by atoms with Gasteiger partial charge in [-0.25, -0.2) is 14.8 Å². The smallest absolute Gasteiger partial charge is 0.319 e. The summed E-state index contributed by atoms with van der Waals surface area (Å²) in [7, 11) is 0. The zero-order valence-corrected chi connectivity index (χ0v) is 20.1. The molecular formula is C26H33N7O. The highest BCUT2D eigenvalue weighted by atomic mass is 16.2. The molecule has 8 heteroatoms. The summed E-state index contributed by atoms with van der Waals surface area (Å²) in [5.74, 6) is 0.547. The van der Waals surface area contributed by atoms with E-state index in [1.807, 2.05) is 37.3 Å². The van der Waals surface area contributed by atoms with E-state index in [9.17, 15) is 4.79 Å². The molecule has 178 valence electrons. The molecule has 3 N–H and O–H groups in total. The Hall–Kier alpha value is -3.65. The van der Waals surface area contributed by atoms with Crippen LogP contribution in [0.2, 0.25) is 0 Å². The van der Waals surface area contributed by atoms with Gasteiger partial charge in [0, 0.05) is 61.5 Å². The van der Waals surface area contributed by atoms with Crippen molar-refractivity contribution < 1.29 is 4.79 Å². The number of carbonyl (C=O) groups is 1. The molecule has 0 bridgehead atoms. The van der Waals surface area contributed by atoms with Crippen LogP contribution >= 0.6 is 0 Å². The van der Waals surface area contributed by atoms with Gasteiger partial charge in [0.25, 0.3) is 0 Å². The van der Waals surface area contributed by atoms with Crippen LogP contribution in [-0.2, 0) is 0 Å². The van der Waals surface area contributed by atoms with Crippen LogP contribution in [0.3, 0.4) is 0 Å². The average Bonchev–Trinajstić information content (AvgIpc) is 2.85. The Morgan fingerprint density at radius 3 is 2.38 bits per heavy atom. The van der Waals surface area contributed by atoms with Crippen LogP contribution in [0, 0.1) is 6.92 Å². The topological polar surface area (TPSA) is 85.4 Å². The Morgan fingerprint density at radius 1 is 0.971 bits per heavy atom. The Labute approximate surface area is 201 Å². The zero-order valence-electron chi connectivity index (χ0n) is 20.1. The van der Waals surface area contributed by atoms with Crippen molar-refractivity contribution in [2.24, 2.45) is 0 Å². The number of aryl methyl sites for hydroxylation is 1. The number of nitrogens with zero attached hydrogens (tertiary/aromatic N) is 4. The molecule has 8 nitrogen and oxygen atoms in total. The summed E-state index contributed by atoms with van der Waals surface area (Å²) in [5.41, 5.74) is 5.98. The maximum atomic E-state index is 11.7. The number of hydrogen-bond acceptors (Lipinski definition) is 6. The highest BCUT2D eigenvalue weighted by Gasteiger charge is 2.17. The van der Waals surface area contributed by atoms with Crippen LogP contribution in [-0.4, -0.2) is 60.2 Å². The highest BCUT2D eigenvalue weighted by molar-refractivity contribution is 5.89. The van der Waals surface area contributed by atoms with E-state index in [-0.39, 0.29) is 6.03 Å². The van der Waals surface area contributed by atoms with E-state index >= 15 is 0 Å². The van der Waals surface area contributed by atoms with Gasteiger partial charge in [-0.3, -0.25) is 0 Å². The normalized spacial score (nSPS) is 14.0. The predicted molar refractivity (Wildman–Crippen MR) is 139 cm³/mol. The lowest BCUT2D eigenvalue weighted by Crippen LogP contribution is -2.46. The molecule has 1 aromatic heterocycles. The number of urea groups is 1. The van der Waals surface area contributed by atoms with Crippen molar-refractivity contribution in [2.45, 2.75) is 20.8 Å². The number of benzene rings is 2. The molecule has 2 amide bonds. The largest absolute Gasteiger partial charge is 0.369 e. The first-order valence-corrected chi connectivity index (χ1v) is 11.9. The van der Waals surface area contributed by atoms with Gasteiger partial charge in [0.2, 0.25) is 5.95 Å². The summed E-state index contributed by atoms with van der Waals surface area (Å²) in [4.78, 5) is 25.7. The first-order chi connectivity index (χ1) is 16.6. The minimum Gasteiger partial charge on any atom is -0.369 e. The van der Waals surface area contributed by atoms with Gasteiger partial charge in [-0.2, -0.15) is 0 Å². The predicted octanol–water partition coefficient (Wildman–Crippen LogP) is 4.48. The van der Waals surface area contributed by atoms with E-state index < -0.39 is 0 Å². The number of carbonyl (C=O) groups excluding carboxylic acids is 1. The molecule has 0 spiro atoms. The van der Waals surface area contributed by atoms with Crippen LogP contribution in [0.5, 0.6) is 0 Å². The minimum absolute atomic E-state index is 0.215. The second-order valence-electron chi connectivity index (χ2n) is 8.37. The summed E-state index contributed by atoms with van der Waals surface area (Å²) in [6, 6.07) is 15.7. The molecule has 0 radical (unpaired) electrons. The highest BCUT2D eigenvalue weighted by Crippen LogP contribution is 2.27. The Kier molecular flexibility index (Phi) is 7.59. The number of rotatable bonds is 7. The average molecular weight is 460 g/mol. The lowest BCUT2D eigenvalue weighted by atomic mass is 10.1. The molecule has 34 heavy (non-hydrogen) atoms. The Balaban J connectivity index is 1.42. The van der Waals surface area contributed by atoms with Crippen molar-refractivity contribution in [3.05, 3.63) is 60.3 Å². The molecule has 1 saturated heterocycles. The number of aromatic nitrogens is 2. The van der Waals surface area contributed by atoms with Crippen LogP contribution in [0.4, 0.5) is 27.8 Å². The molecule has 1 aliphatic rings. The van der Waals surface area contributed by atoms with Crippen molar-refractivity contribution in [1.29, 1.82) is 0 Å². The fourth-order valence-corrected chi connectivity index (χ4v) is 4.16. The molecular weight excluding hydrogens is 426 g/mol. The second kappa shape index (κ2) is 11.0. The van der Waals surface area contributed by atoms with Gasteiger partial charge in [0.15, 0.2) is 0 Å². The summed E-state index contributed by atoms with van der Waals surface area (Å²) < 4.78 is 0. The third-order valence-corrected chi connectivity index (χ3v) is 6.04. The summed E-state index contributed by atoms with van der Waals surface area (Å²) in [6.45, 7) is 12.3. The summed E-state index contributed by atoms with van der Waals surface area (Å²) in [5, 5.41) is 8.86. The number of hydrogen-bond donors (Lipinski definition) is 3. The van der Waals surface area contributed by atoms with E-state index in [1.54, 1.807) is 6.20 Å². The van der Waals surface area contributed by atoms with Gasteiger partial charge in [-0.05, 0) is 62.4 Å². The molecule has 0 atom stereocenters. The maximum absolute atomic E-state index is 11.7. The SMILES string of the molecule is CCNC(=O)Nc1ccc(-c2ccnc(Nc3ccc(N4CCN(CC)CC4)c(C)c3)n2)cc1. The van der Waals surface area contributed by atoms with E-state index in [0.717, 1.165) is 55.4 Å². The summed E-state index contributed by atoms with van der Waals surface area (Å²) in [6.07, 6.45) is 1.75. The molecule has 3 aromatic rings. The van der Waals surface area contributed by atoms with Crippen molar-refractivity contribution in [3.8, 4) is 11.3 Å². The molecule has 1 aliphatic heterocycles. The van der Waals surface area contributed by atoms with Crippen LogP contribution in [0.1, 0.15) is 19.4 Å². The van der Waals surface area contributed by atoms with Crippen molar-refractivity contribution in [2.75, 3.05) is 54.8 Å². The van der Waals surface area contributed by atoms with Gasteiger partial charge >= 0.3 is 6.03 Å². The lowest BCUT2D eigenvalue weighted by molar-refractivity contribution is 0.252.